The summed E-state index contributed by atoms with van der Waals surface area (Å²) in [4.78, 5) is 0. The summed E-state index contributed by atoms with van der Waals surface area (Å²) in [6.07, 6.45) is 2.83. The number of ether oxygens (including phenoxy) is 3. The van der Waals surface area contributed by atoms with Gasteiger partial charge in [-0.15, -0.1) is 0 Å². The van der Waals surface area contributed by atoms with Crippen LogP contribution in [0.1, 0.15) is 25.8 Å². The van der Waals surface area contributed by atoms with Gasteiger partial charge in [0, 0.05) is 0 Å². The molecule has 0 atom stereocenters. The van der Waals surface area contributed by atoms with Crippen LogP contribution >= 0.6 is 23.2 Å². The quantitative estimate of drug-likeness (QED) is 0.705. The van der Waals surface area contributed by atoms with Gasteiger partial charge in [0.15, 0.2) is 11.5 Å². The summed E-state index contributed by atoms with van der Waals surface area (Å²) >= 11 is 13.0. The molecule has 0 unspecified atom stereocenters. The Balaban J connectivity index is 2.59. The van der Waals surface area contributed by atoms with E-state index in [-0.39, 0.29) is 0 Å². The summed E-state index contributed by atoms with van der Waals surface area (Å²) in [5.74, 6) is 2.07. The number of rotatable bonds is 5. The second-order valence-electron chi connectivity index (χ2n) is 5.54. The molecule has 1 radical (unpaired) electrons. The standard InChI is InChI=1S/C18H21Cl2O3/c1-10(2)12-6-7-13(17(20)16(12)19)11-8-14(21-3)18(23-5)15(9-11)22-4/h6,8-10H,7H2,1-5H3. The monoisotopic (exact) mass is 355 g/mol. The topological polar surface area (TPSA) is 27.7 Å². The van der Waals surface area contributed by atoms with Crippen LogP contribution in [0, 0.1) is 12.3 Å². The predicted molar refractivity (Wildman–Crippen MR) is 95.5 cm³/mol. The van der Waals surface area contributed by atoms with E-state index in [1.54, 1.807) is 21.3 Å². The Morgan fingerprint density at radius 3 is 1.91 bits per heavy atom. The van der Waals surface area contributed by atoms with Crippen molar-refractivity contribution in [2.45, 2.75) is 20.3 Å². The van der Waals surface area contributed by atoms with Crippen LogP contribution in [-0.2, 0) is 0 Å². The Hall–Kier alpha value is -1.32. The highest BCUT2D eigenvalue weighted by molar-refractivity contribution is 6.46. The van der Waals surface area contributed by atoms with E-state index in [9.17, 15) is 0 Å². The van der Waals surface area contributed by atoms with Crippen LogP contribution in [0.3, 0.4) is 0 Å². The largest absolute Gasteiger partial charge is 0.493 e. The minimum absolute atomic E-state index is 0.331. The van der Waals surface area contributed by atoms with Gasteiger partial charge in [-0.2, -0.15) is 0 Å². The van der Waals surface area contributed by atoms with Crippen LogP contribution in [0.4, 0.5) is 0 Å². The molecule has 3 nitrogen and oxygen atoms in total. The van der Waals surface area contributed by atoms with Gasteiger partial charge in [-0.3, -0.25) is 0 Å². The number of allylic oxidation sites excluding steroid dienone is 4. The van der Waals surface area contributed by atoms with Crippen molar-refractivity contribution in [2.24, 2.45) is 5.92 Å². The van der Waals surface area contributed by atoms with Crippen LogP contribution in [0.2, 0.25) is 0 Å². The van der Waals surface area contributed by atoms with E-state index in [4.69, 9.17) is 37.4 Å². The lowest BCUT2D eigenvalue weighted by Gasteiger charge is -2.23. The van der Waals surface area contributed by atoms with E-state index < -0.39 is 0 Å². The van der Waals surface area contributed by atoms with Crippen molar-refractivity contribution in [2.75, 3.05) is 21.3 Å². The summed E-state index contributed by atoms with van der Waals surface area (Å²) in [5, 5.41) is 1.18. The lowest BCUT2D eigenvalue weighted by molar-refractivity contribution is 0.324. The summed E-state index contributed by atoms with van der Waals surface area (Å²) in [6.45, 7) is 4.20. The average Bonchev–Trinajstić information content (AvgIpc) is 2.55. The van der Waals surface area contributed by atoms with Crippen LogP contribution in [-0.4, -0.2) is 21.3 Å². The molecule has 0 fully saturated rings. The highest BCUT2D eigenvalue weighted by Gasteiger charge is 2.24. The van der Waals surface area contributed by atoms with Gasteiger partial charge < -0.3 is 14.2 Å². The molecule has 125 valence electrons. The summed E-state index contributed by atoms with van der Waals surface area (Å²) < 4.78 is 16.2. The van der Waals surface area contributed by atoms with Crippen molar-refractivity contribution >= 4 is 28.8 Å². The summed E-state index contributed by atoms with van der Waals surface area (Å²) in [5.41, 5.74) is 2.93. The SMILES string of the molecule is COc1cc(C2=C(Cl)C(Cl)=C(C(C)C)[CH]C2)cc(OC)c1OC. The van der Waals surface area contributed by atoms with Gasteiger partial charge in [-0.05, 0) is 47.6 Å². The molecule has 2 rings (SSSR count). The molecular formula is C18H21Cl2O3. The van der Waals surface area contributed by atoms with E-state index in [2.05, 4.69) is 20.3 Å². The molecule has 0 aromatic heterocycles. The number of methoxy groups -OCH3 is 3. The van der Waals surface area contributed by atoms with Gasteiger partial charge in [0.25, 0.3) is 0 Å². The molecule has 1 aliphatic rings. The molecule has 0 N–H and O–H groups in total. The first-order chi connectivity index (χ1) is 10.9. The van der Waals surface area contributed by atoms with Gasteiger partial charge in [-0.25, -0.2) is 0 Å². The highest BCUT2D eigenvalue weighted by atomic mass is 35.5. The molecule has 23 heavy (non-hydrogen) atoms. The zero-order valence-electron chi connectivity index (χ0n) is 14.0. The van der Waals surface area contributed by atoms with Gasteiger partial charge in [0.2, 0.25) is 5.75 Å². The predicted octanol–water partition coefficient (Wildman–Crippen LogP) is 5.42. The van der Waals surface area contributed by atoms with Gasteiger partial charge >= 0.3 is 0 Å². The van der Waals surface area contributed by atoms with Gasteiger partial charge in [0.05, 0.1) is 31.4 Å². The molecule has 1 aromatic carbocycles. The van der Waals surface area contributed by atoms with Gasteiger partial charge in [-0.1, -0.05) is 37.0 Å². The minimum atomic E-state index is 0.331. The van der Waals surface area contributed by atoms with Crippen LogP contribution in [0.25, 0.3) is 5.57 Å². The average molecular weight is 356 g/mol. The Kier molecular flexibility index (Phi) is 5.88. The first-order valence-corrected chi connectivity index (χ1v) is 8.12. The Morgan fingerprint density at radius 1 is 0.913 bits per heavy atom. The molecule has 0 aliphatic heterocycles. The first-order valence-electron chi connectivity index (χ1n) is 7.36. The Bertz CT molecular complexity index is 635. The van der Waals surface area contributed by atoms with Crippen LogP contribution in [0.15, 0.2) is 27.8 Å². The van der Waals surface area contributed by atoms with E-state index in [0.29, 0.717) is 39.7 Å². The second kappa shape index (κ2) is 7.50. The number of benzene rings is 1. The maximum Gasteiger partial charge on any atom is 0.203 e. The maximum absolute atomic E-state index is 6.53. The van der Waals surface area contributed by atoms with Crippen molar-refractivity contribution < 1.29 is 14.2 Å². The van der Waals surface area contributed by atoms with E-state index in [1.807, 2.05) is 12.1 Å². The smallest absolute Gasteiger partial charge is 0.203 e. The number of halogens is 2. The molecule has 1 aliphatic carbocycles. The molecule has 0 bridgehead atoms. The van der Waals surface area contributed by atoms with E-state index >= 15 is 0 Å². The molecule has 5 heteroatoms. The zero-order chi connectivity index (χ0) is 17.1. The third-order valence-electron chi connectivity index (χ3n) is 3.87. The maximum atomic E-state index is 6.53. The second-order valence-corrected chi connectivity index (χ2v) is 6.29. The van der Waals surface area contributed by atoms with Crippen LogP contribution < -0.4 is 14.2 Å². The molecule has 0 heterocycles. The molecule has 0 saturated carbocycles. The number of hydrogen-bond donors (Lipinski definition) is 0. The summed E-state index contributed by atoms with van der Waals surface area (Å²) in [7, 11) is 4.76. The van der Waals surface area contributed by atoms with E-state index in [0.717, 1.165) is 16.7 Å². The zero-order valence-corrected chi connectivity index (χ0v) is 15.5. The molecule has 0 saturated heterocycles. The van der Waals surface area contributed by atoms with E-state index in [1.165, 1.54) is 0 Å². The highest BCUT2D eigenvalue weighted by Crippen LogP contribution is 2.46. The Morgan fingerprint density at radius 2 is 1.48 bits per heavy atom. The van der Waals surface area contributed by atoms with Crippen LogP contribution in [0.5, 0.6) is 17.2 Å². The molecule has 0 spiro atoms. The van der Waals surface area contributed by atoms with Crippen molar-refractivity contribution in [1.82, 2.24) is 0 Å². The minimum Gasteiger partial charge on any atom is -0.493 e. The fraction of sp³-hybridized carbons (Fsp3) is 0.389. The first kappa shape index (κ1) is 18.0. The third-order valence-corrected chi connectivity index (χ3v) is 4.79. The lowest BCUT2D eigenvalue weighted by Crippen LogP contribution is -2.06. The normalized spacial score (nSPS) is 15.3. The molecular weight excluding hydrogens is 335 g/mol. The Labute approximate surface area is 147 Å². The summed E-state index contributed by atoms with van der Waals surface area (Å²) in [6, 6.07) is 3.77. The third kappa shape index (κ3) is 3.46. The number of hydrogen-bond acceptors (Lipinski definition) is 3. The van der Waals surface area contributed by atoms with Gasteiger partial charge in [0.1, 0.15) is 0 Å². The fourth-order valence-electron chi connectivity index (χ4n) is 2.64. The molecule has 1 aromatic rings. The molecule has 0 amide bonds. The van der Waals surface area contributed by atoms with Crippen molar-refractivity contribution in [3.8, 4) is 17.2 Å². The van der Waals surface area contributed by atoms with Crippen molar-refractivity contribution in [3.05, 3.63) is 39.8 Å². The van der Waals surface area contributed by atoms with Crippen molar-refractivity contribution in [3.63, 3.8) is 0 Å². The fourth-order valence-corrected chi connectivity index (χ4v) is 3.34. The lowest BCUT2D eigenvalue weighted by atomic mass is 9.88. The van der Waals surface area contributed by atoms with Crippen molar-refractivity contribution in [1.29, 1.82) is 0 Å².